The lowest BCUT2D eigenvalue weighted by Gasteiger charge is -2.25. The van der Waals surface area contributed by atoms with Gasteiger partial charge in [-0.2, -0.15) is 0 Å². The zero-order valence-corrected chi connectivity index (χ0v) is 15.1. The molecule has 2 aromatic rings. The van der Waals surface area contributed by atoms with Gasteiger partial charge in [-0.15, -0.1) is 0 Å². The number of aliphatic hydroxyl groups is 1. The van der Waals surface area contributed by atoms with E-state index in [1.165, 1.54) is 11.1 Å². The summed E-state index contributed by atoms with van der Waals surface area (Å²) in [4.78, 5) is 12.6. The fraction of sp³-hybridized carbons (Fsp3) is 0.409. The minimum Gasteiger partial charge on any atom is -0.390 e. The maximum Gasteiger partial charge on any atom is 0.251 e. The van der Waals surface area contributed by atoms with Crippen molar-refractivity contribution >= 4 is 5.91 Å². The monoisotopic (exact) mass is 337 g/mol. The van der Waals surface area contributed by atoms with Crippen molar-refractivity contribution in [2.75, 3.05) is 0 Å². The molecule has 0 fully saturated rings. The summed E-state index contributed by atoms with van der Waals surface area (Å²) in [5.41, 5.74) is 3.85. The van der Waals surface area contributed by atoms with Crippen LogP contribution in [0.15, 0.2) is 48.5 Å². The fourth-order valence-electron chi connectivity index (χ4n) is 3.41. The summed E-state index contributed by atoms with van der Waals surface area (Å²) in [5.74, 6) is -0.00510. The van der Waals surface area contributed by atoms with Crippen LogP contribution in [-0.4, -0.2) is 22.7 Å². The molecule has 0 saturated heterocycles. The van der Waals surface area contributed by atoms with Crippen LogP contribution in [0.1, 0.15) is 53.7 Å². The number of benzene rings is 2. The number of carbonyl (C=O) groups is 1. The normalized spacial score (nSPS) is 17.0. The van der Waals surface area contributed by atoms with E-state index in [9.17, 15) is 9.90 Å². The second kappa shape index (κ2) is 7.40. The first-order valence-electron chi connectivity index (χ1n) is 9.10. The van der Waals surface area contributed by atoms with Gasteiger partial charge in [0.15, 0.2) is 0 Å². The van der Waals surface area contributed by atoms with Crippen LogP contribution in [-0.2, 0) is 19.3 Å². The van der Waals surface area contributed by atoms with E-state index >= 15 is 0 Å². The van der Waals surface area contributed by atoms with Crippen LogP contribution >= 0.6 is 0 Å². The van der Waals surface area contributed by atoms with Crippen LogP contribution in [0.3, 0.4) is 0 Å². The van der Waals surface area contributed by atoms with Crippen molar-refractivity contribution < 1.29 is 9.90 Å². The first kappa shape index (κ1) is 17.7. The van der Waals surface area contributed by atoms with Crippen LogP contribution in [0.2, 0.25) is 0 Å². The number of rotatable bonds is 5. The molecule has 132 valence electrons. The summed E-state index contributed by atoms with van der Waals surface area (Å²) in [7, 11) is 0. The third-order valence-corrected chi connectivity index (χ3v) is 4.90. The highest BCUT2D eigenvalue weighted by Crippen LogP contribution is 2.21. The van der Waals surface area contributed by atoms with E-state index in [2.05, 4.69) is 29.6 Å². The van der Waals surface area contributed by atoms with Crippen molar-refractivity contribution in [3.05, 3.63) is 70.8 Å². The maximum absolute atomic E-state index is 12.6. The van der Waals surface area contributed by atoms with Gasteiger partial charge in [0.25, 0.3) is 5.91 Å². The van der Waals surface area contributed by atoms with E-state index in [1.54, 1.807) is 0 Å². The highest BCUT2D eigenvalue weighted by Gasteiger charge is 2.20. The van der Waals surface area contributed by atoms with Gasteiger partial charge in [0.05, 0.1) is 5.60 Å². The molecule has 0 unspecified atom stereocenters. The van der Waals surface area contributed by atoms with E-state index < -0.39 is 5.60 Å². The van der Waals surface area contributed by atoms with E-state index in [0.29, 0.717) is 12.0 Å². The summed E-state index contributed by atoms with van der Waals surface area (Å²) in [6.45, 7) is 3.62. The third kappa shape index (κ3) is 4.93. The van der Waals surface area contributed by atoms with Crippen LogP contribution in [0.5, 0.6) is 0 Å². The van der Waals surface area contributed by atoms with Gasteiger partial charge in [-0.3, -0.25) is 4.79 Å². The van der Waals surface area contributed by atoms with Crippen LogP contribution in [0.25, 0.3) is 0 Å². The largest absolute Gasteiger partial charge is 0.390 e. The summed E-state index contributed by atoms with van der Waals surface area (Å²) in [6.07, 6.45) is 4.35. The molecule has 3 nitrogen and oxygen atoms in total. The quantitative estimate of drug-likeness (QED) is 0.874. The number of amides is 1. The Hall–Kier alpha value is -2.13. The van der Waals surface area contributed by atoms with E-state index in [4.69, 9.17) is 0 Å². The highest BCUT2D eigenvalue weighted by atomic mass is 16.3. The molecule has 0 spiro atoms. The predicted octanol–water partition coefficient (Wildman–Crippen LogP) is 3.68. The van der Waals surface area contributed by atoms with Crippen molar-refractivity contribution in [1.82, 2.24) is 5.32 Å². The Labute approximate surface area is 150 Å². The Balaban J connectivity index is 1.62. The first-order valence-corrected chi connectivity index (χ1v) is 9.10. The first-order chi connectivity index (χ1) is 11.9. The number of aryl methyl sites for hydroxylation is 2. The van der Waals surface area contributed by atoms with E-state index in [1.807, 2.05) is 38.1 Å². The summed E-state index contributed by atoms with van der Waals surface area (Å²) in [5, 5.41) is 13.1. The molecule has 0 saturated carbocycles. The minimum atomic E-state index is -0.687. The van der Waals surface area contributed by atoms with Crippen molar-refractivity contribution in [2.45, 2.75) is 57.6 Å². The Morgan fingerprint density at radius 3 is 2.68 bits per heavy atom. The van der Waals surface area contributed by atoms with Gasteiger partial charge in [0.1, 0.15) is 0 Å². The van der Waals surface area contributed by atoms with Crippen molar-refractivity contribution in [3.63, 3.8) is 0 Å². The molecule has 3 rings (SSSR count). The molecule has 25 heavy (non-hydrogen) atoms. The molecule has 0 bridgehead atoms. The number of hydrogen-bond acceptors (Lipinski definition) is 2. The maximum atomic E-state index is 12.6. The lowest BCUT2D eigenvalue weighted by Crippen LogP contribution is -2.38. The molecule has 0 aliphatic heterocycles. The topological polar surface area (TPSA) is 49.3 Å². The van der Waals surface area contributed by atoms with Crippen LogP contribution in [0, 0.1) is 0 Å². The lowest BCUT2D eigenvalue weighted by atomic mass is 9.88. The molecule has 0 aromatic heterocycles. The molecule has 3 heteroatoms. The standard InChI is InChI=1S/C22H27NO2/c1-22(2,25)13-12-16-6-5-9-19(14-16)21(24)23-20-11-10-17-7-3-4-8-18(17)15-20/h3-9,14,20,25H,10-13,15H2,1-2H3,(H,23,24)/t20-/m0/s1. The highest BCUT2D eigenvalue weighted by molar-refractivity contribution is 5.94. The third-order valence-electron chi connectivity index (χ3n) is 4.90. The average Bonchev–Trinajstić information content (AvgIpc) is 2.59. The SMILES string of the molecule is CC(C)(O)CCc1cccc(C(=O)N[C@H]2CCc3ccccc3C2)c1. The number of hydrogen-bond donors (Lipinski definition) is 2. The van der Waals surface area contributed by atoms with Crippen molar-refractivity contribution in [2.24, 2.45) is 0 Å². The second-order valence-electron chi connectivity index (χ2n) is 7.69. The Bertz CT molecular complexity index is 746. The molecular weight excluding hydrogens is 310 g/mol. The van der Waals surface area contributed by atoms with Gasteiger partial charge in [-0.1, -0.05) is 36.4 Å². The van der Waals surface area contributed by atoms with Crippen LogP contribution in [0.4, 0.5) is 0 Å². The zero-order valence-electron chi connectivity index (χ0n) is 15.1. The fourth-order valence-corrected chi connectivity index (χ4v) is 3.41. The molecule has 1 atom stereocenters. The molecule has 1 amide bonds. The summed E-state index contributed by atoms with van der Waals surface area (Å²) >= 11 is 0. The molecule has 1 aliphatic rings. The molecule has 1 aliphatic carbocycles. The minimum absolute atomic E-state index is 0.00510. The van der Waals surface area contributed by atoms with E-state index in [0.717, 1.165) is 31.2 Å². The van der Waals surface area contributed by atoms with Crippen molar-refractivity contribution in [3.8, 4) is 0 Å². The number of fused-ring (bicyclic) bond motifs is 1. The molecular formula is C22H27NO2. The molecule has 0 heterocycles. The van der Waals surface area contributed by atoms with Gasteiger partial charge in [-0.25, -0.2) is 0 Å². The smallest absolute Gasteiger partial charge is 0.251 e. The molecule has 0 radical (unpaired) electrons. The Morgan fingerprint density at radius 2 is 1.92 bits per heavy atom. The summed E-state index contributed by atoms with van der Waals surface area (Å²) < 4.78 is 0. The van der Waals surface area contributed by atoms with Crippen LogP contribution < -0.4 is 5.32 Å². The van der Waals surface area contributed by atoms with Gasteiger partial charge in [0, 0.05) is 11.6 Å². The van der Waals surface area contributed by atoms with Gasteiger partial charge in [-0.05, 0) is 74.8 Å². The molecule has 2 aromatic carbocycles. The number of carbonyl (C=O) groups excluding carboxylic acids is 1. The van der Waals surface area contributed by atoms with Gasteiger partial charge >= 0.3 is 0 Å². The Kier molecular flexibility index (Phi) is 5.24. The number of nitrogens with one attached hydrogen (secondary N) is 1. The van der Waals surface area contributed by atoms with Crippen molar-refractivity contribution in [1.29, 1.82) is 0 Å². The second-order valence-corrected chi connectivity index (χ2v) is 7.69. The predicted molar refractivity (Wildman–Crippen MR) is 101 cm³/mol. The van der Waals surface area contributed by atoms with E-state index in [-0.39, 0.29) is 11.9 Å². The Morgan fingerprint density at radius 1 is 1.16 bits per heavy atom. The lowest BCUT2D eigenvalue weighted by molar-refractivity contribution is 0.0714. The summed E-state index contributed by atoms with van der Waals surface area (Å²) in [6, 6.07) is 16.4. The van der Waals surface area contributed by atoms with Gasteiger partial charge in [0.2, 0.25) is 0 Å². The average molecular weight is 337 g/mol. The van der Waals surface area contributed by atoms with Gasteiger partial charge < -0.3 is 10.4 Å². The zero-order chi connectivity index (χ0) is 17.9. The molecule has 2 N–H and O–H groups in total.